The van der Waals surface area contributed by atoms with Crippen LogP contribution in [0, 0.1) is 25.5 Å². The summed E-state index contributed by atoms with van der Waals surface area (Å²) in [5, 5.41) is 26.9. The van der Waals surface area contributed by atoms with Crippen molar-refractivity contribution in [3.63, 3.8) is 0 Å². The average molecular weight is 706 g/mol. The van der Waals surface area contributed by atoms with Gasteiger partial charge in [0.25, 0.3) is 5.56 Å². The largest absolute Gasteiger partial charge is 0.437 e. The number of aliphatic hydroxyl groups is 2. The Morgan fingerprint density at radius 3 is 2.44 bits per heavy atom. The number of benzene rings is 2. The minimum atomic E-state index is -4.97. The summed E-state index contributed by atoms with van der Waals surface area (Å²) < 4.78 is 95.8. The van der Waals surface area contributed by atoms with Gasteiger partial charge in [0, 0.05) is 62.2 Å². The molecule has 6 rings (SSSR count). The Balaban J connectivity index is 1.58. The lowest BCUT2D eigenvalue weighted by Crippen LogP contribution is -2.49. The predicted molar refractivity (Wildman–Crippen MR) is 167 cm³/mol. The average Bonchev–Trinajstić information content (AvgIpc) is 3.29. The zero-order valence-electron chi connectivity index (χ0n) is 27.1. The van der Waals surface area contributed by atoms with E-state index in [2.05, 4.69) is 10.4 Å². The molecule has 2 unspecified atom stereocenters. The zero-order chi connectivity index (χ0) is 36.2. The zero-order valence-corrected chi connectivity index (χ0v) is 27.1. The van der Waals surface area contributed by atoms with Crippen LogP contribution in [-0.4, -0.2) is 67.5 Å². The molecular weight excluding hydrogens is 672 g/mol. The quantitative estimate of drug-likeness (QED) is 0.198. The second kappa shape index (κ2) is 13.2. The number of hydrogen-bond donors (Lipinski definition) is 3. The van der Waals surface area contributed by atoms with E-state index in [1.165, 1.54) is 29.8 Å². The van der Waals surface area contributed by atoms with Gasteiger partial charge in [0.15, 0.2) is 6.29 Å². The lowest BCUT2D eigenvalue weighted by Gasteiger charge is -2.34. The van der Waals surface area contributed by atoms with E-state index in [0.717, 1.165) is 18.3 Å². The van der Waals surface area contributed by atoms with Crippen LogP contribution in [0.5, 0.6) is 11.6 Å². The number of carbonyl (C=O) groups excluding carboxylic acids is 1. The molecule has 0 radical (unpaired) electrons. The van der Waals surface area contributed by atoms with Crippen molar-refractivity contribution in [2.75, 3.05) is 19.6 Å². The maximum atomic E-state index is 15.9. The summed E-state index contributed by atoms with van der Waals surface area (Å²) >= 11 is 0. The molecule has 16 heteroatoms. The van der Waals surface area contributed by atoms with Gasteiger partial charge in [0.05, 0.1) is 17.2 Å². The molecule has 3 N–H and O–H groups in total. The van der Waals surface area contributed by atoms with Crippen molar-refractivity contribution in [2.24, 2.45) is 7.05 Å². The molecule has 4 bridgehead atoms. The minimum absolute atomic E-state index is 0.00745. The van der Waals surface area contributed by atoms with E-state index in [0.29, 0.717) is 27.5 Å². The van der Waals surface area contributed by atoms with Gasteiger partial charge in [-0.1, -0.05) is 0 Å². The first-order valence-corrected chi connectivity index (χ1v) is 15.7. The van der Waals surface area contributed by atoms with Crippen molar-refractivity contribution < 1.29 is 46.1 Å². The van der Waals surface area contributed by atoms with E-state index in [1.54, 1.807) is 18.9 Å². The van der Waals surface area contributed by atoms with Crippen molar-refractivity contribution >= 4 is 5.91 Å². The highest BCUT2D eigenvalue weighted by Gasteiger charge is 2.38. The van der Waals surface area contributed by atoms with E-state index in [-0.39, 0.29) is 48.8 Å². The van der Waals surface area contributed by atoms with Gasteiger partial charge in [0.2, 0.25) is 11.8 Å². The first kappa shape index (κ1) is 35.2. The van der Waals surface area contributed by atoms with Gasteiger partial charge in [-0.15, -0.1) is 5.10 Å². The van der Waals surface area contributed by atoms with Gasteiger partial charge in [-0.25, -0.2) is 13.2 Å². The number of nitrogens with zero attached hydrogens (tertiary/aromatic N) is 4. The van der Waals surface area contributed by atoms with E-state index in [1.807, 2.05) is 0 Å². The topological polar surface area (TPSA) is 122 Å². The third-order valence-electron chi connectivity index (χ3n) is 9.09. The van der Waals surface area contributed by atoms with Crippen molar-refractivity contribution in [1.29, 1.82) is 0 Å². The second-order valence-corrected chi connectivity index (χ2v) is 12.6. The maximum absolute atomic E-state index is 15.9. The molecular formula is C34H33F6N5O5. The van der Waals surface area contributed by atoms with Crippen LogP contribution in [0.2, 0.25) is 0 Å². The van der Waals surface area contributed by atoms with Gasteiger partial charge >= 0.3 is 6.18 Å². The van der Waals surface area contributed by atoms with Crippen LogP contribution in [-0.2, 0) is 24.4 Å². The number of amides is 1. The minimum Gasteiger partial charge on any atom is -0.437 e. The molecule has 2 aliphatic heterocycles. The predicted octanol–water partition coefficient (Wildman–Crippen LogP) is 4.61. The standard InChI is InChI=1S/C34H33F6N5O5/c1-16-8-19-9-23(30(16)37)26(12-28(47)48)41-32(49)31(22-10-21(4-5-25(22)36)50-33-29(19)17(2)43(3)42-33)45-13-18(6-7-44-14-20(35)15-44)24(11-27(45)46)34(38,39)40/h4-5,8-11,13,20,26,28,31,47-48H,6-7,12,14-15H2,1-3H3,(H,41,49). The molecule has 4 heterocycles. The summed E-state index contributed by atoms with van der Waals surface area (Å²) in [6, 6.07) is 3.00. The third kappa shape index (κ3) is 6.74. The Hall–Kier alpha value is -4.67. The summed E-state index contributed by atoms with van der Waals surface area (Å²) in [7, 11) is 1.63. The van der Waals surface area contributed by atoms with Gasteiger partial charge < -0.3 is 20.3 Å². The summed E-state index contributed by atoms with van der Waals surface area (Å²) in [5.41, 5.74) is -2.17. The number of aliphatic hydroxyl groups excluding tert-OH is 1. The number of nitrogens with one attached hydrogen (secondary N) is 1. The summed E-state index contributed by atoms with van der Waals surface area (Å²) in [6.45, 7) is 3.24. The number of hydrogen-bond acceptors (Lipinski definition) is 7. The van der Waals surface area contributed by atoms with Crippen LogP contribution in [0.3, 0.4) is 0 Å². The van der Waals surface area contributed by atoms with E-state index in [4.69, 9.17) is 4.74 Å². The van der Waals surface area contributed by atoms with Crippen molar-refractivity contribution in [1.82, 2.24) is 24.6 Å². The van der Waals surface area contributed by atoms with Gasteiger partial charge in [0.1, 0.15) is 29.6 Å². The van der Waals surface area contributed by atoms with Crippen molar-refractivity contribution in [3.05, 3.63) is 98.1 Å². The molecule has 0 aliphatic carbocycles. The molecule has 0 spiro atoms. The monoisotopic (exact) mass is 705 g/mol. The molecule has 4 aromatic rings. The van der Waals surface area contributed by atoms with E-state index < -0.39 is 76.9 Å². The summed E-state index contributed by atoms with van der Waals surface area (Å²) in [4.78, 5) is 29.3. The molecule has 2 aliphatic rings. The molecule has 0 saturated carbocycles. The number of aryl methyl sites for hydroxylation is 2. The van der Waals surface area contributed by atoms with Crippen LogP contribution in [0.25, 0.3) is 11.1 Å². The Labute approximate surface area is 281 Å². The molecule has 2 atom stereocenters. The highest BCUT2D eigenvalue weighted by molar-refractivity contribution is 5.84. The number of ether oxygens (including phenoxy) is 1. The first-order valence-electron chi connectivity index (χ1n) is 15.7. The third-order valence-corrected chi connectivity index (χ3v) is 9.09. The molecule has 10 nitrogen and oxygen atoms in total. The number of aromatic nitrogens is 3. The van der Waals surface area contributed by atoms with Crippen LogP contribution >= 0.6 is 0 Å². The smallest absolute Gasteiger partial charge is 0.416 e. The first-order chi connectivity index (χ1) is 23.5. The molecule has 1 fully saturated rings. The molecule has 2 aromatic carbocycles. The van der Waals surface area contributed by atoms with Gasteiger partial charge in [-0.2, -0.15) is 13.2 Å². The Bertz CT molecular complexity index is 2020. The van der Waals surface area contributed by atoms with Crippen LogP contribution < -0.4 is 15.6 Å². The Morgan fingerprint density at radius 1 is 1.06 bits per heavy atom. The summed E-state index contributed by atoms with van der Waals surface area (Å²) in [5.74, 6) is -3.04. The van der Waals surface area contributed by atoms with Crippen molar-refractivity contribution in [3.8, 4) is 22.8 Å². The van der Waals surface area contributed by atoms with Crippen molar-refractivity contribution in [2.45, 2.75) is 57.4 Å². The van der Waals surface area contributed by atoms with E-state index in [9.17, 15) is 37.4 Å². The highest BCUT2D eigenvalue weighted by atomic mass is 19.4. The Morgan fingerprint density at radius 2 is 1.78 bits per heavy atom. The number of carbonyl (C=O) groups is 1. The normalized spacial score (nSPS) is 18.4. The van der Waals surface area contributed by atoms with Crippen LogP contribution in [0.4, 0.5) is 26.3 Å². The molecule has 1 amide bonds. The van der Waals surface area contributed by atoms with E-state index >= 15 is 8.78 Å². The SMILES string of the molecule is Cc1cc2cc(c1F)C(CC(O)O)NC(=O)C(n1cc(CCN3CC(F)C3)c(C(F)(F)F)cc1=O)c1cc(ccc1F)Oc1nn(C)c(C)c1-2. The highest BCUT2D eigenvalue weighted by Crippen LogP contribution is 2.40. The fourth-order valence-electron chi connectivity index (χ4n) is 6.45. The Kier molecular flexibility index (Phi) is 9.30. The molecule has 50 heavy (non-hydrogen) atoms. The molecule has 266 valence electrons. The fourth-order valence-corrected chi connectivity index (χ4v) is 6.45. The lowest BCUT2D eigenvalue weighted by molar-refractivity contribution is -0.138. The maximum Gasteiger partial charge on any atom is 0.416 e. The number of rotatable bonds is 6. The molecule has 2 aromatic heterocycles. The number of fused-ring (bicyclic) bond motifs is 6. The second-order valence-electron chi connectivity index (χ2n) is 12.6. The number of likely N-dealkylation sites (tertiary alicyclic amines) is 1. The van der Waals surface area contributed by atoms with Gasteiger partial charge in [-0.3, -0.25) is 23.7 Å². The molecule has 1 saturated heterocycles. The van der Waals surface area contributed by atoms with Crippen LogP contribution in [0.1, 0.15) is 52.0 Å². The summed E-state index contributed by atoms with van der Waals surface area (Å²) in [6.07, 6.45) is -8.30. The number of alkyl halides is 4. The number of halogens is 6. The van der Waals surface area contributed by atoms with Crippen LogP contribution in [0.15, 0.2) is 47.4 Å². The fraction of sp³-hybridized carbons (Fsp3) is 0.382. The lowest BCUT2D eigenvalue weighted by atomic mass is 9.94. The number of pyridine rings is 1. The van der Waals surface area contributed by atoms with Gasteiger partial charge in [-0.05, 0) is 67.3 Å².